The van der Waals surface area contributed by atoms with Gasteiger partial charge in [0.05, 0.1) is 44.1 Å². The summed E-state index contributed by atoms with van der Waals surface area (Å²) in [4.78, 5) is 0. The third-order valence-corrected chi connectivity index (χ3v) is 20.2. The van der Waals surface area contributed by atoms with Gasteiger partial charge in [0.1, 0.15) is 0 Å². The summed E-state index contributed by atoms with van der Waals surface area (Å²) in [6.45, 7) is 0. The molecule has 0 aliphatic carbocycles. The van der Waals surface area contributed by atoms with Crippen LogP contribution in [0, 0.1) is 0 Å². The third kappa shape index (κ3) is 10.00. The van der Waals surface area contributed by atoms with Gasteiger partial charge in [-0.05, 0) is 182 Å². The molecule has 16 aromatic carbocycles. The van der Waals surface area contributed by atoms with Crippen LogP contribution in [0.5, 0.6) is 0 Å². The topological polar surface area (TPSA) is 19.7 Å². The van der Waals surface area contributed by atoms with E-state index in [1.807, 2.05) is 0 Å². The molecule has 100 heavy (non-hydrogen) atoms. The van der Waals surface area contributed by atoms with Gasteiger partial charge < -0.3 is 18.3 Å². The first kappa shape index (κ1) is 58.1. The van der Waals surface area contributed by atoms with Gasteiger partial charge in [0.15, 0.2) is 0 Å². The van der Waals surface area contributed by atoms with Crippen LogP contribution in [-0.4, -0.2) is 18.3 Å². The fourth-order valence-corrected chi connectivity index (χ4v) is 15.6. The lowest BCUT2D eigenvalue weighted by Gasteiger charge is -2.14. The number of aromatic nitrogens is 4. The molecular formula is C96H64N4. The molecule has 0 saturated heterocycles. The number of fused-ring (bicyclic) bond motifs is 12. The summed E-state index contributed by atoms with van der Waals surface area (Å²) in [5, 5.41) is 10.1. The van der Waals surface area contributed by atoms with Crippen LogP contribution in [0.2, 0.25) is 0 Å². The minimum atomic E-state index is 1.15. The van der Waals surface area contributed by atoms with Crippen LogP contribution in [0.3, 0.4) is 0 Å². The first-order chi connectivity index (χ1) is 49.6. The third-order valence-electron chi connectivity index (χ3n) is 20.2. The molecule has 4 heterocycles. The van der Waals surface area contributed by atoms with E-state index in [2.05, 4.69) is 407 Å². The minimum absolute atomic E-state index is 1.15. The first-order valence-electron chi connectivity index (χ1n) is 34.4. The monoisotopic (exact) mass is 1270 g/mol. The fraction of sp³-hybridized carbons (Fsp3) is 0. The van der Waals surface area contributed by atoms with Crippen molar-refractivity contribution in [3.63, 3.8) is 0 Å². The van der Waals surface area contributed by atoms with Crippen LogP contribution in [0.15, 0.2) is 388 Å². The molecule has 4 aromatic heterocycles. The van der Waals surface area contributed by atoms with Gasteiger partial charge in [0.25, 0.3) is 0 Å². The van der Waals surface area contributed by atoms with Crippen molar-refractivity contribution >= 4 is 87.2 Å². The number of rotatable bonds is 10. The summed E-state index contributed by atoms with van der Waals surface area (Å²) in [6, 6.07) is 141. The maximum Gasteiger partial charge on any atom is 0.0547 e. The van der Waals surface area contributed by atoms with E-state index in [0.717, 1.165) is 11.4 Å². The Bertz CT molecular complexity index is 6510. The maximum atomic E-state index is 2.43. The van der Waals surface area contributed by atoms with Gasteiger partial charge >= 0.3 is 0 Å². The van der Waals surface area contributed by atoms with Gasteiger partial charge in [-0.25, -0.2) is 0 Å². The molecule has 0 N–H and O–H groups in total. The predicted octanol–water partition coefficient (Wildman–Crippen LogP) is 25.8. The number of nitrogens with zero attached hydrogens (tertiary/aromatic N) is 4. The summed E-state index contributed by atoms with van der Waals surface area (Å²) in [7, 11) is 0. The molecule has 4 heteroatoms. The molecule has 0 amide bonds. The van der Waals surface area contributed by atoms with Crippen molar-refractivity contribution in [1.29, 1.82) is 0 Å². The second-order valence-electron chi connectivity index (χ2n) is 26.0. The lowest BCUT2D eigenvalue weighted by atomic mass is 9.94. The second kappa shape index (κ2) is 24.4. The quantitative estimate of drug-likeness (QED) is 0.130. The van der Waals surface area contributed by atoms with Crippen molar-refractivity contribution in [2.24, 2.45) is 0 Å². The van der Waals surface area contributed by atoms with Crippen LogP contribution in [0.25, 0.3) is 177 Å². The summed E-state index contributed by atoms with van der Waals surface area (Å²) in [5.74, 6) is 0. The molecular weight excluding hydrogens is 1210 g/mol. The SMILES string of the molecule is c1ccc(-c2cccc(-c3cccc(-n4c5ccccc5c5ccc(-c6ccc7c(c6)c6ccccc6n7-c6ccccc6)cc54)c3)c2)cc1.c1ccc(-c2ccccc2-c2cccc(-n3c4ccccc4c4ccc(-c5ccc6c(c5)c5ccccc5n6-c5ccccc5)cc43)c2)cc1. The number of para-hydroxylation sites is 6. The van der Waals surface area contributed by atoms with Crippen molar-refractivity contribution < 1.29 is 0 Å². The highest BCUT2D eigenvalue weighted by atomic mass is 15.0. The second-order valence-corrected chi connectivity index (χ2v) is 26.0. The zero-order valence-electron chi connectivity index (χ0n) is 54.7. The van der Waals surface area contributed by atoms with Gasteiger partial charge in [-0.15, -0.1) is 0 Å². The van der Waals surface area contributed by atoms with E-state index >= 15 is 0 Å². The van der Waals surface area contributed by atoms with Gasteiger partial charge in [0.2, 0.25) is 0 Å². The molecule has 20 rings (SSSR count). The van der Waals surface area contributed by atoms with E-state index < -0.39 is 0 Å². The molecule has 0 bridgehead atoms. The largest absolute Gasteiger partial charge is 0.309 e. The van der Waals surface area contributed by atoms with Gasteiger partial charge in [-0.1, -0.05) is 273 Å². The summed E-state index contributed by atoms with van der Waals surface area (Å²) in [6.07, 6.45) is 0. The molecule has 0 fully saturated rings. The Hall–Kier alpha value is -13.3. The first-order valence-corrected chi connectivity index (χ1v) is 34.4. The van der Waals surface area contributed by atoms with Gasteiger partial charge in [-0.2, -0.15) is 0 Å². The zero-order valence-corrected chi connectivity index (χ0v) is 54.7. The molecule has 20 aromatic rings. The molecule has 468 valence electrons. The van der Waals surface area contributed by atoms with Gasteiger partial charge in [0, 0.05) is 65.8 Å². The van der Waals surface area contributed by atoms with Crippen molar-refractivity contribution in [2.75, 3.05) is 0 Å². The van der Waals surface area contributed by atoms with Crippen LogP contribution in [-0.2, 0) is 0 Å². The van der Waals surface area contributed by atoms with Crippen molar-refractivity contribution in [1.82, 2.24) is 18.3 Å². The standard InChI is InChI=1S/2C48H32N2/c1-3-13-33(14-4-1)34-15-11-16-35(29-34)36-17-12-20-40(30-36)50-45-23-9-7-21-41(45)43-27-25-38(32-48(43)50)37-26-28-47-44(31-37)42-22-8-10-24-46(42)49(47)39-18-5-2-6-19-39;1-3-14-33(15-4-1)39-20-7-8-21-40(39)36-16-13-19-38(30-36)50-45-24-11-9-22-41(45)43-28-26-35(32-48(43)50)34-27-29-47-44(31-34)42-23-10-12-25-46(42)49(47)37-17-5-2-6-18-37/h2*1-32H. The predicted molar refractivity (Wildman–Crippen MR) is 423 cm³/mol. The molecule has 0 spiro atoms. The highest BCUT2D eigenvalue weighted by molar-refractivity contribution is 6.15. The molecule has 0 atom stereocenters. The van der Waals surface area contributed by atoms with Crippen molar-refractivity contribution in [2.45, 2.75) is 0 Å². The molecule has 0 aliphatic heterocycles. The number of hydrogen-bond acceptors (Lipinski definition) is 0. The smallest absolute Gasteiger partial charge is 0.0547 e. The maximum absolute atomic E-state index is 2.43. The average molecular weight is 1270 g/mol. The molecule has 0 unspecified atom stereocenters. The van der Waals surface area contributed by atoms with E-state index in [1.54, 1.807) is 0 Å². The number of benzene rings is 16. The normalized spacial score (nSPS) is 11.6. The van der Waals surface area contributed by atoms with Crippen LogP contribution in [0.1, 0.15) is 0 Å². The lowest BCUT2D eigenvalue weighted by molar-refractivity contribution is 1.18. The Balaban J connectivity index is 0.000000139. The highest BCUT2D eigenvalue weighted by Gasteiger charge is 2.20. The minimum Gasteiger partial charge on any atom is -0.309 e. The van der Waals surface area contributed by atoms with E-state index in [-0.39, 0.29) is 0 Å². The molecule has 4 nitrogen and oxygen atoms in total. The van der Waals surface area contributed by atoms with Crippen LogP contribution < -0.4 is 0 Å². The summed E-state index contributed by atoms with van der Waals surface area (Å²) in [5.41, 5.74) is 28.9. The van der Waals surface area contributed by atoms with E-state index in [0.29, 0.717) is 0 Å². The molecule has 0 radical (unpaired) electrons. The van der Waals surface area contributed by atoms with Crippen molar-refractivity contribution in [3.8, 4) is 89.5 Å². The van der Waals surface area contributed by atoms with Crippen molar-refractivity contribution in [3.05, 3.63) is 388 Å². The Kier molecular flexibility index (Phi) is 14.2. The zero-order chi connectivity index (χ0) is 66.0. The average Bonchev–Trinajstić information content (AvgIpc) is 1.59. The lowest BCUT2D eigenvalue weighted by Crippen LogP contribution is -1.95. The van der Waals surface area contributed by atoms with E-state index in [1.165, 1.54) is 165 Å². The van der Waals surface area contributed by atoms with Crippen LogP contribution >= 0.6 is 0 Å². The Morgan fingerprint density at radius 2 is 0.390 bits per heavy atom. The van der Waals surface area contributed by atoms with Gasteiger partial charge in [-0.3, -0.25) is 0 Å². The fourth-order valence-electron chi connectivity index (χ4n) is 15.6. The Morgan fingerprint density at radius 1 is 0.120 bits per heavy atom. The van der Waals surface area contributed by atoms with E-state index in [4.69, 9.17) is 0 Å². The molecule has 0 aliphatic rings. The number of hydrogen-bond donors (Lipinski definition) is 0. The molecule has 0 saturated carbocycles. The van der Waals surface area contributed by atoms with Crippen LogP contribution in [0.4, 0.5) is 0 Å². The van der Waals surface area contributed by atoms with E-state index in [9.17, 15) is 0 Å². The summed E-state index contributed by atoms with van der Waals surface area (Å²) < 4.78 is 9.61. The summed E-state index contributed by atoms with van der Waals surface area (Å²) >= 11 is 0. The Labute approximate surface area is 579 Å². The Morgan fingerprint density at radius 3 is 0.860 bits per heavy atom. The highest BCUT2D eigenvalue weighted by Crippen LogP contribution is 2.43.